The molecule has 5 nitrogen and oxygen atoms in total. The van der Waals surface area contributed by atoms with Crippen molar-refractivity contribution in [3.8, 4) is 5.75 Å². The van der Waals surface area contributed by atoms with Gasteiger partial charge in [-0.3, -0.25) is 0 Å². The van der Waals surface area contributed by atoms with Crippen LogP contribution in [0.15, 0.2) is 73.4 Å². The SMILES string of the molecule is COc1cccc(N2OC=C(c3ccc(F)cc3)C2c2ccncn2)c1. The number of aromatic nitrogens is 2. The minimum Gasteiger partial charge on any atom is -0.497 e. The van der Waals surface area contributed by atoms with Crippen molar-refractivity contribution < 1.29 is 14.0 Å². The predicted octanol–water partition coefficient (Wildman–Crippen LogP) is 4.16. The van der Waals surface area contributed by atoms with Crippen molar-refractivity contribution in [2.75, 3.05) is 12.2 Å². The summed E-state index contributed by atoms with van der Waals surface area (Å²) in [5, 5.41) is 1.75. The van der Waals surface area contributed by atoms with E-state index in [1.54, 1.807) is 36.8 Å². The highest BCUT2D eigenvalue weighted by molar-refractivity contribution is 5.75. The molecule has 1 unspecified atom stereocenters. The van der Waals surface area contributed by atoms with Gasteiger partial charge in [0.05, 0.1) is 18.5 Å². The molecule has 2 aromatic carbocycles. The lowest BCUT2D eigenvalue weighted by atomic mass is 9.97. The fourth-order valence-electron chi connectivity index (χ4n) is 2.93. The summed E-state index contributed by atoms with van der Waals surface area (Å²) >= 11 is 0. The van der Waals surface area contributed by atoms with Crippen LogP contribution in [-0.2, 0) is 4.84 Å². The van der Waals surface area contributed by atoms with E-state index in [9.17, 15) is 4.39 Å². The zero-order valence-corrected chi connectivity index (χ0v) is 14.0. The van der Waals surface area contributed by atoms with Crippen molar-refractivity contribution in [1.82, 2.24) is 9.97 Å². The lowest BCUT2D eigenvalue weighted by molar-refractivity contribution is 0.223. The third kappa shape index (κ3) is 2.97. The van der Waals surface area contributed by atoms with Gasteiger partial charge in [0, 0.05) is 17.8 Å². The Bertz CT molecular complexity index is 929. The minimum atomic E-state index is -0.296. The molecule has 3 aromatic rings. The first-order valence-electron chi connectivity index (χ1n) is 8.08. The van der Waals surface area contributed by atoms with Crippen LogP contribution in [0.25, 0.3) is 5.57 Å². The Kier molecular flexibility index (Phi) is 4.23. The van der Waals surface area contributed by atoms with Crippen molar-refractivity contribution in [2.45, 2.75) is 6.04 Å². The number of hydroxylamine groups is 1. The Morgan fingerprint density at radius 3 is 2.69 bits per heavy atom. The van der Waals surface area contributed by atoms with Crippen LogP contribution in [0.2, 0.25) is 0 Å². The van der Waals surface area contributed by atoms with E-state index in [4.69, 9.17) is 9.57 Å². The minimum absolute atomic E-state index is 0.281. The molecule has 1 aliphatic rings. The fraction of sp³-hybridized carbons (Fsp3) is 0.100. The molecule has 0 N–H and O–H groups in total. The number of halogens is 1. The highest BCUT2D eigenvalue weighted by atomic mass is 19.1. The molecule has 0 saturated carbocycles. The molecule has 26 heavy (non-hydrogen) atoms. The highest BCUT2D eigenvalue weighted by Crippen LogP contribution is 2.42. The average molecular weight is 349 g/mol. The zero-order valence-electron chi connectivity index (χ0n) is 14.0. The maximum atomic E-state index is 13.3. The van der Waals surface area contributed by atoms with Gasteiger partial charge in [-0.2, -0.15) is 5.06 Å². The maximum Gasteiger partial charge on any atom is 0.138 e. The van der Waals surface area contributed by atoms with E-state index in [2.05, 4.69) is 9.97 Å². The van der Waals surface area contributed by atoms with E-state index >= 15 is 0 Å². The van der Waals surface area contributed by atoms with Gasteiger partial charge in [0.1, 0.15) is 30.2 Å². The second-order valence-electron chi connectivity index (χ2n) is 5.75. The van der Waals surface area contributed by atoms with E-state index in [-0.39, 0.29) is 11.9 Å². The molecule has 0 spiro atoms. The number of hydrogen-bond donors (Lipinski definition) is 0. The predicted molar refractivity (Wildman–Crippen MR) is 95.7 cm³/mol. The molecule has 0 saturated heterocycles. The maximum absolute atomic E-state index is 13.3. The highest BCUT2D eigenvalue weighted by Gasteiger charge is 2.33. The van der Waals surface area contributed by atoms with Crippen LogP contribution in [0.4, 0.5) is 10.1 Å². The van der Waals surface area contributed by atoms with Crippen molar-refractivity contribution in [1.29, 1.82) is 0 Å². The Morgan fingerprint density at radius 1 is 1.12 bits per heavy atom. The van der Waals surface area contributed by atoms with Crippen molar-refractivity contribution in [2.24, 2.45) is 0 Å². The number of methoxy groups -OCH3 is 1. The van der Waals surface area contributed by atoms with E-state index < -0.39 is 0 Å². The Labute approximate surface area is 150 Å². The Morgan fingerprint density at radius 2 is 1.96 bits per heavy atom. The first-order chi connectivity index (χ1) is 12.8. The number of benzene rings is 2. The molecule has 0 aliphatic carbocycles. The largest absolute Gasteiger partial charge is 0.497 e. The molecule has 1 aliphatic heterocycles. The van der Waals surface area contributed by atoms with Crippen molar-refractivity contribution in [3.05, 3.63) is 90.5 Å². The molecule has 1 aromatic heterocycles. The van der Waals surface area contributed by atoms with Gasteiger partial charge in [-0.25, -0.2) is 14.4 Å². The average Bonchev–Trinajstić information content (AvgIpc) is 3.14. The summed E-state index contributed by atoms with van der Waals surface area (Å²) in [6, 6.07) is 15.4. The van der Waals surface area contributed by atoms with Crippen LogP contribution < -0.4 is 9.80 Å². The summed E-state index contributed by atoms with van der Waals surface area (Å²) in [7, 11) is 1.62. The topological polar surface area (TPSA) is 47.5 Å². The van der Waals surface area contributed by atoms with Crippen molar-refractivity contribution in [3.63, 3.8) is 0 Å². The van der Waals surface area contributed by atoms with Gasteiger partial charge < -0.3 is 9.57 Å². The Hall–Kier alpha value is -3.41. The van der Waals surface area contributed by atoms with Gasteiger partial charge in [-0.15, -0.1) is 0 Å². The van der Waals surface area contributed by atoms with E-state index in [1.165, 1.54) is 18.5 Å². The van der Waals surface area contributed by atoms with Gasteiger partial charge in [0.15, 0.2) is 0 Å². The third-order valence-corrected chi connectivity index (χ3v) is 4.19. The molecule has 0 radical (unpaired) electrons. The number of rotatable bonds is 4. The smallest absolute Gasteiger partial charge is 0.138 e. The molecular weight excluding hydrogens is 333 g/mol. The quantitative estimate of drug-likeness (QED) is 0.708. The number of hydrogen-bond acceptors (Lipinski definition) is 5. The van der Waals surface area contributed by atoms with Crippen LogP contribution in [0.5, 0.6) is 5.75 Å². The lowest BCUT2D eigenvalue weighted by Crippen LogP contribution is -2.24. The summed E-state index contributed by atoms with van der Waals surface area (Å²) in [5.74, 6) is 0.444. The summed E-state index contributed by atoms with van der Waals surface area (Å²) in [4.78, 5) is 14.2. The second-order valence-corrected chi connectivity index (χ2v) is 5.75. The summed E-state index contributed by atoms with van der Waals surface area (Å²) in [6.45, 7) is 0. The van der Waals surface area contributed by atoms with Gasteiger partial charge in [0.25, 0.3) is 0 Å². The molecule has 2 heterocycles. The van der Waals surface area contributed by atoms with Crippen LogP contribution in [0.1, 0.15) is 17.3 Å². The molecule has 6 heteroatoms. The fourth-order valence-corrected chi connectivity index (χ4v) is 2.93. The molecule has 130 valence electrons. The Balaban J connectivity index is 1.77. The first kappa shape index (κ1) is 16.1. The standard InChI is InChI=1S/C20H16FN3O2/c1-25-17-4-2-3-16(11-17)24-20(19-9-10-22-13-23-19)18(12-26-24)14-5-7-15(21)8-6-14/h2-13,20H,1H3. The first-order valence-corrected chi connectivity index (χ1v) is 8.08. The molecule has 4 rings (SSSR count). The van der Waals surface area contributed by atoms with Crippen LogP contribution in [0, 0.1) is 5.82 Å². The lowest BCUT2D eigenvalue weighted by Gasteiger charge is -2.26. The molecular formula is C20H16FN3O2. The zero-order chi connectivity index (χ0) is 17.9. The van der Waals surface area contributed by atoms with E-state index in [0.717, 1.165) is 28.3 Å². The van der Waals surface area contributed by atoms with Gasteiger partial charge in [-0.1, -0.05) is 18.2 Å². The number of nitrogens with zero attached hydrogens (tertiary/aromatic N) is 3. The monoisotopic (exact) mass is 349 g/mol. The molecule has 0 fully saturated rings. The molecule has 0 bridgehead atoms. The van der Waals surface area contributed by atoms with Crippen LogP contribution in [0.3, 0.4) is 0 Å². The summed E-state index contributed by atoms with van der Waals surface area (Å²) in [5.41, 5.74) is 3.34. The number of ether oxygens (including phenoxy) is 1. The van der Waals surface area contributed by atoms with Crippen LogP contribution in [-0.4, -0.2) is 17.1 Å². The summed E-state index contributed by atoms with van der Waals surface area (Å²) < 4.78 is 18.6. The second kappa shape index (κ2) is 6.84. The molecule has 0 amide bonds. The van der Waals surface area contributed by atoms with Crippen LogP contribution >= 0.6 is 0 Å². The number of anilines is 1. The van der Waals surface area contributed by atoms with Gasteiger partial charge >= 0.3 is 0 Å². The third-order valence-electron chi connectivity index (χ3n) is 4.19. The molecule has 1 atom stereocenters. The van der Waals surface area contributed by atoms with Gasteiger partial charge in [-0.05, 0) is 35.9 Å². The van der Waals surface area contributed by atoms with E-state index in [1.807, 2.05) is 30.3 Å². The van der Waals surface area contributed by atoms with E-state index in [0.29, 0.717) is 0 Å². The van der Waals surface area contributed by atoms with Gasteiger partial charge in [0.2, 0.25) is 0 Å². The van der Waals surface area contributed by atoms with Crippen molar-refractivity contribution >= 4 is 11.3 Å². The normalized spacial score (nSPS) is 16.2. The summed E-state index contributed by atoms with van der Waals surface area (Å²) in [6.07, 6.45) is 4.85.